The van der Waals surface area contributed by atoms with Crippen molar-refractivity contribution in [1.82, 2.24) is 19.4 Å². The molecule has 3 aliphatic rings. The summed E-state index contributed by atoms with van der Waals surface area (Å²) in [6.45, 7) is 7.95. The van der Waals surface area contributed by atoms with E-state index in [0.29, 0.717) is 5.82 Å². The fraction of sp³-hybridized carbons (Fsp3) is 0.667. The number of aryl methyl sites for hydroxylation is 1. The van der Waals surface area contributed by atoms with Crippen molar-refractivity contribution in [3.05, 3.63) is 18.2 Å². The number of carbonyl (C=O) groups excluding carboxylic acids is 1. The van der Waals surface area contributed by atoms with Gasteiger partial charge in [-0.25, -0.2) is 4.98 Å². The van der Waals surface area contributed by atoms with Crippen LogP contribution in [0.5, 0.6) is 0 Å². The molecule has 17 heavy (non-hydrogen) atoms. The van der Waals surface area contributed by atoms with Gasteiger partial charge in [-0.2, -0.15) is 0 Å². The summed E-state index contributed by atoms with van der Waals surface area (Å²) in [6, 6.07) is 0.0187. The lowest BCUT2D eigenvalue weighted by Crippen LogP contribution is -2.63. The molecule has 0 saturated carbocycles. The molecule has 92 valence electrons. The van der Waals surface area contributed by atoms with Crippen molar-refractivity contribution in [3.63, 3.8) is 0 Å². The molecule has 5 heteroatoms. The van der Waals surface area contributed by atoms with Gasteiger partial charge < -0.3 is 4.57 Å². The molecular formula is C12H18N4O. The van der Waals surface area contributed by atoms with Crippen LogP contribution in [-0.4, -0.2) is 63.9 Å². The van der Waals surface area contributed by atoms with Crippen molar-refractivity contribution in [1.29, 1.82) is 0 Å². The van der Waals surface area contributed by atoms with Crippen LogP contribution in [0.25, 0.3) is 0 Å². The molecule has 0 amide bonds. The third kappa shape index (κ3) is 1.79. The Balaban J connectivity index is 1.83. The first-order valence-electron chi connectivity index (χ1n) is 6.31. The van der Waals surface area contributed by atoms with Gasteiger partial charge in [-0.15, -0.1) is 0 Å². The summed E-state index contributed by atoms with van der Waals surface area (Å²) < 4.78 is 1.93. The van der Waals surface area contributed by atoms with Gasteiger partial charge in [0.2, 0.25) is 5.78 Å². The smallest absolute Gasteiger partial charge is 0.216 e. The van der Waals surface area contributed by atoms with Gasteiger partial charge in [0.25, 0.3) is 0 Å². The van der Waals surface area contributed by atoms with Crippen LogP contribution in [0.2, 0.25) is 0 Å². The van der Waals surface area contributed by atoms with Gasteiger partial charge in [0, 0.05) is 51.7 Å². The number of rotatable bonds is 3. The number of Topliss-reactive ketones (excluding diaryl/α,β-unsaturated/α-hetero) is 1. The van der Waals surface area contributed by atoms with Crippen LogP contribution < -0.4 is 0 Å². The zero-order valence-electron chi connectivity index (χ0n) is 10.2. The minimum atomic E-state index is 0.0187. The van der Waals surface area contributed by atoms with E-state index in [2.05, 4.69) is 14.8 Å². The second kappa shape index (κ2) is 4.23. The molecule has 3 fully saturated rings. The van der Waals surface area contributed by atoms with Gasteiger partial charge in [0.15, 0.2) is 5.82 Å². The predicted molar refractivity (Wildman–Crippen MR) is 64.0 cm³/mol. The SMILES string of the molecule is CCn1ccnc1C(=O)C1CN2CCN1CC2. The molecule has 0 spiro atoms. The fourth-order valence-electron chi connectivity index (χ4n) is 2.80. The molecule has 1 aromatic rings. The second-order valence-corrected chi connectivity index (χ2v) is 4.75. The Morgan fingerprint density at radius 1 is 1.41 bits per heavy atom. The zero-order valence-corrected chi connectivity index (χ0v) is 10.2. The largest absolute Gasteiger partial charge is 0.329 e. The maximum absolute atomic E-state index is 12.5. The molecule has 2 bridgehead atoms. The number of imidazole rings is 1. The molecule has 4 rings (SSSR count). The Morgan fingerprint density at radius 2 is 2.18 bits per heavy atom. The standard InChI is InChI=1S/C12H18N4O/c1-2-15-4-3-13-12(15)11(17)10-9-14-5-7-16(10)8-6-14/h3-4,10H,2,5-9H2,1H3. The number of carbonyl (C=O) groups is 1. The number of nitrogens with zero attached hydrogens (tertiary/aromatic N) is 4. The zero-order chi connectivity index (χ0) is 11.8. The van der Waals surface area contributed by atoms with Gasteiger partial charge in [-0.1, -0.05) is 0 Å². The van der Waals surface area contributed by atoms with E-state index in [1.54, 1.807) is 6.20 Å². The quantitative estimate of drug-likeness (QED) is 0.695. The summed E-state index contributed by atoms with van der Waals surface area (Å²) in [6.07, 6.45) is 3.59. The molecule has 0 aromatic carbocycles. The maximum Gasteiger partial charge on any atom is 0.216 e. The van der Waals surface area contributed by atoms with Crippen molar-refractivity contribution in [2.75, 3.05) is 32.7 Å². The number of fused-ring (bicyclic) bond motifs is 3. The highest BCUT2D eigenvalue weighted by atomic mass is 16.1. The Morgan fingerprint density at radius 3 is 2.76 bits per heavy atom. The third-order valence-electron chi connectivity index (χ3n) is 3.86. The van der Waals surface area contributed by atoms with E-state index in [0.717, 1.165) is 39.3 Å². The van der Waals surface area contributed by atoms with Crippen molar-refractivity contribution in [2.24, 2.45) is 0 Å². The number of ketones is 1. The lowest BCUT2D eigenvalue weighted by atomic mass is 10.0. The minimum Gasteiger partial charge on any atom is -0.329 e. The maximum atomic E-state index is 12.5. The molecule has 5 nitrogen and oxygen atoms in total. The highest BCUT2D eigenvalue weighted by Crippen LogP contribution is 2.18. The van der Waals surface area contributed by atoms with E-state index in [4.69, 9.17) is 0 Å². The van der Waals surface area contributed by atoms with Crippen LogP contribution in [0.3, 0.4) is 0 Å². The number of aromatic nitrogens is 2. The van der Waals surface area contributed by atoms with Crippen LogP contribution in [-0.2, 0) is 6.54 Å². The summed E-state index contributed by atoms with van der Waals surface area (Å²) in [5, 5.41) is 0. The van der Waals surface area contributed by atoms with E-state index < -0.39 is 0 Å². The minimum absolute atomic E-state index is 0.0187. The third-order valence-corrected chi connectivity index (χ3v) is 3.86. The summed E-state index contributed by atoms with van der Waals surface area (Å²) in [4.78, 5) is 21.4. The normalized spacial score (nSPS) is 31.7. The summed E-state index contributed by atoms with van der Waals surface area (Å²) in [7, 11) is 0. The van der Waals surface area contributed by atoms with E-state index in [1.807, 2.05) is 17.7 Å². The first-order chi connectivity index (χ1) is 8.29. The molecule has 0 aliphatic carbocycles. The van der Waals surface area contributed by atoms with E-state index in [-0.39, 0.29) is 11.8 Å². The number of hydrogen-bond acceptors (Lipinski definition) is 4. The molecule has 3 saturated heterocycles. The van der Waals surface area contributed by atoms with Gasteiger partial charge in [0.05, 0.1) is 6.04 Å². The van der Waals surface area contributed by atoms with Crippen LogP contribution in [0.1, 0.15) is 17.5 Å². The molecule has 0 N–H and O–H groups in total. The van der Waals surface area contributed by atoms with Crippen LogP contribution >= 0.6 is 0 Å². The van der Waals surface area contributed by atoms with Gasteiger partial charge in [-0.3, -0.25) is 14.6 Å². The average molecular weight is 234 g/mol. The molecule has 1 atom stereocenters. The second-order valence-electron chi connectivity index (χ2n) is 4.75. The van der Waals surface area contributed by atoms with E-state index in [1.165, 1.54) is 0 Å². The molecule has 1 aromatic heterocycles. The van der Waals surface area contributed by atoms with E-state index >= 15 is 0 Å². The summed E-state index contributed by atoms with van der Waals surface area (Å²) in [5.41, 5.74) is 0. The Kier molecular flexibility index (Phi) is 2.72. The molecule has 4 heterocycles. The highest BCUT2D eigenvalue weighted by molar-refractivity contribution is 5.97. The van der Waals surface area contributed by atoms with Crippen molar-refractivity contribution in [2.45, 2.75) is 19.5 Å². The first-order valence-corrected chi connectivity index (χ1v) is 6.31. The fourth-order valence-corrected chi connectivity index (χ4v) is 2.80. The van der Waals surface area contributed by atoms with Gasteiger partial charge >= 0.3 is 0 Å². The lowest BCUT2D eigenvalue weighted by Gasteiger charge is -2.46. The summed E-state index contributed by atoms with van der Waals surface area (Å²) >= 11 is 0. The van der Waals surface area contributed by atoms with Crippen LogP contribution in [0.4, 0.5) is 0 Å². The van der Waals surface area contributed by atoms with Crippen molar-refractivity contribution in [3.8, 4) is 0 Å². The highest BCUT2D eigenvalue weighted by Gasteiger charge is 2.37. The number of hydrogen-bond donors (Lipinski definition) is 0. The van der Waals surface area contributed by atoms with E-state index in [9.17, 15) is 4.79 Å². The topological polar surface area (TPSA) is 41.4 Å². The molecular weight excluding hydrogens is 216 g/mol. The average Bonchev–Trinajstić information content (AvgIpc) is 2.87. The van der Waals surface area contributed by atoms with Crippen LogP contribution in [0.15, 0.2) is 12.4 Å². The Hall–Kier alpha value is -1.20. The monoisotopic (exact) mass is 234 g/mol. The molecule has 0 radical (unpaired) electrons. The van der Waals surface area contributed by atoms with Gasteiger partial charge in [0.1, 0.15) is 0 Å². The lowest BCUT2D eigenvalue weighted by molar-refractivity contribution is 0.0151. The Labute approximate surface area is 101 Å². The molecule has 1 unspecified atom stereocenters. The summed E-state index contributed by atoms with van der Waals surface area (Å²) in [5.74, 6) is 0.799. The first kappa shape index (κ1) is 10.9. The molecule has 3 aliphatic heterocycles. The number of piperazine rings is 3. The van der Waals surface area contributed by atoms with Crippen molar-refractivity contribution >= 4 is 5.78 Å². The Bertz CT molecular complexity index is 420. The van der Waals surface area contributed by atoms with Crippen molar-refractivity contribution < 1.29 is 4.79 Å². The predicted octanol–water partition coefficient (Wildman–Crippen LogP) is 0.0855. The van der Waals surface area contributed by atoms with Crippen LogP contribution in [0, 0.1) is 0 Å². The van der Waals surface area contributed by atoms with Gasteiger partial charge in [-0.05, 0) is 6.92 Å².